The fourth-order valence-corrected chi connectivity index (χ4v) is 3.69. The van der Waals surface area contributed by atoms with E-state index >= 15 is 0 Å². The number of hydrogen-bond donors (Lipinski definition) is 2. The minimum absolute atomic E-state index is 0.0578. The van der Waals surface area contributed by atoms with Crippen LogP contribution in [0.25, 0.3) is 0 Å². The third-order valence-electron chi connectivity index (χ3n) is 4.61. The normalized spacial score (nSPS) is 27.5. The first-order valence-corrected chi connectivity index (χ1v) is 7.11. The zero-order chi connectivity index (χ0) is 14.1. The molecule has 0 radical (unpaired) electrons. The summed E-state index contributed by atoms with van der Waals surface area (Å²) >= 11 is 0. The highest BCUT2D eigenvalue weighted by molar-refractivity contribution is 5.92. The van der Waals surface area contributed by atoms with Crippen LogP contribution in [0.2, 0.25) is 0 Å². The molecule has 1 aromatic rings. The number of rotatable bonds is 4. The van der Waals surface area contributed by atoms with Crippen LogP contribution in [0.15, 0.2) is 18.3 Å². The molecule has 1 heterocycles. The van der Waals surface area contributed by atoms with E-state index < -0.39 is 5.97 Å². The van der Waals surface area contributed by atoms with Crippen LogP contribution >= 0.6 is 0 Å². The molecule has 0 spiro atoms. The van der Waals surface area contributed by atoms with Gasteiger partial charge in [-0.1, -0.05) is 6.42 Å². The van der Waals surface area contributed by atoms with E-state index in [-0.39, 0.29) is 11.5 Å². The van der Waals surface area contributed by atoms with Crippen LogP contribution in [0.4, 0.5) is 5.82 Å². The molecule has 1 aromatic heterocycles. The molecule has 2 aliphatic carbocycles. The van der Waals surface area contributed by atoms with Crippen LogP contribution in [0.1, 0.15) is 42.5 Å². The first-order chi connectivity index (χ1) is 9.61. The van der Waals surface area contributed by atoms with Crippen molar-refractivity contribution in [1.29, 1.82) is 0 Å². The Morgan fingerprint density at radius 3 is 2.85 bits per heavy atom. The Labute approximate surface area is 117 Å². The first-order valence-electron chi connectivity index (χ1n) is 7.11. The number of carboxylic acid groups (broad SMARTS) is 1. The molecule has 0 aliphatic heterocycles. The molecule has 2 N–H and O–H groups in total. The number of pyridine rings is 1. The number of nitrogens with zero attached hydrogens (tertiary/aromatic N) is 1. The fraction of sp³-hybridized carbons (Fsp3) is 0.533. The van der Waals surface area contributed by atoms with Crippen LogP contribution in [-0.4, -0.2) is 22.0 Å². The number of carbonyl (C=O) groups excluding carboxylic acids is 1. The lowest BCUT2D eigenvalue weighted by Gasteiger charge is -2.20. The standard InChI is InChI=1S/C15H18N2O3/c18-14(8-12-6-9-1-2-10(12)5-9)17-13-7-11(15(19)20)3-4-16-13/h3-4,7,9-10,12H,1-2,5-6,8H2,(H,19,20)(H,16,17,18). The van der Waals surface area contributed by atoms with E-state index in [0.29, 0.717) is 24.1 Å². The lowest BCUT2D eigenvalue weighted by atomic mass is 9.86. The first kappa shape index (κ1) is 13.1. The van der Waals surface area contributed by atoms with Crippen LogP contribution in [0.5, 0.6) is 0 Å². The third-order valence-corrected chi connectivity index (χ3v) is 4.61. The van der Waals surface area contributed by atoms with E-state index in [4.69, 9.17) is 5.11 Å². The number of aromatic carboxylic acids is 1. The number of carboxylic acids is 1. The van der Waals surface area contributed by atoms with Crippen molar-refractivity contribution >= 4 is 17.7 Å². The van der Waals surface area contributed by atoms with Gasteiger partial charge in [0.15, 0.2) is 0 Å². The zero-order valence-electron chi connectivity index (χ0n) is 11.2. The summed E-state index contributed by atoms with van der Waals surface area (Å²) in [6.45, 7) is 0. The monoisotopic (exact) mass is 274 g/mol. The Hall–Kier alpha value is -1.91. The Bertz CT molecular complexity index is 544. The molecule has 5 heteroatoms. The van der Waals surface area contributed by atoms with Gasteiger partial charge in [0.05, 0.1) is 5.56 Å². The molecule has 1 amide bonds. The van der Waals surface area contributed by atoms with Crippen LogP contribution in [0, 0.1) is 17.8 Å². The van der Waals surface area contributed by atoms with Gasteiger partial charge in [-0.25, -0.2) is 9.78 Å². The maximum atomic E-state index is 12.0. The molecule has 3 atom stereocenters. The smallest absolute Gasteiger partial charge is 0.335 e. The summed E-state index contributed by atoms with van der Waals surface area (Å²) in [5.74, 6) is 1.28. The number of amides is 1. The second kappa shape index (κ2) is 5.23. The largest absolute Gasteiger partial charge is 0.478 e. The molecule has 106 valence electrons. The van der Waals surface area contributed by atoms with Gasteiger partial charge in [-0.2, -0.15) is 0 Å². The molecule has 2 aliphatic rings. The fourth-order valence-electron chi connectivity index (χ4n) is 3.69. The number of anilines is 1. The van der Waals surface area contributed by atoms with Gasteiger partial charge in [0.1, 0.15) is 5.82 Å². The van der Waals surface area contributed by atoms with Crippen molar-refractivity contribution in [3.63, 3.8) is 0 Å². The third kappa shape index (κ3) is 2.66. The molecule has 2 saturated carbocycles. The van der Waals surface area contributed by atoms with Gasteiger partial charge in [-0.3, -0.25) is 4.79 Å². The van der Waals surface area contributed by atoms with Crippen LogP contribution < -0.4 is 5.32 Å². The van der Waals surface area contributed by atoms with Crippen molar-refractivity contribution in [2.24, 2.45) is 17.8 Å². The predicted octanol–water partition coefficient (Wildman–Crippen LogP) is 2.54. The summed E-state index contributed by atoms with van der Waals surface area (Å²) in [7, 11) is 0. The summed E-state index contributed by atoms with van der Waals surface area (Å²) in [5, 5.41) is 11.6. The Balaban J connectivity index is 1.59. The van der Waals surface area contributed by atoms with Gasteiger partial charge in [-0.15, -0.1) is 0 Å². The molecule has 2 bridgehead atoms. The van der Waals surface area contributed by atoms with Gasteiger partial charge in [0.25, 0.3) is 0 Å². The highest BCUT2D eigenvalue weighted by Gasteiger charge is 2.40. The lowest BCUT2D eigenvalue weighted by Crippen LogP contribution is -2.20. The number of nitrogens with one attached hydrogen (secondary N) is 1. The van der Waals surface area contributed by atoms with Crippen molar-refractivity contribution in [2.45, 2.75) is 32.1 Å². The molecule has 3 rings (SSSR count). The summed E-state index contributed by atoms with van der Waals surface area (Å²) < 4.78 is 0. The van der Waals surface area contributed by atoms with E-state index in [0.717, 1.165) is 5.92 Å². The highest BCUT2D eigenvalue weighted by Crippen LogP contribution is 2.49. The van der Waals surface area contributed by atoms with Crippen molar-refractivity contribution in [2.75, 3.05) is 5.32 Å². The van der Waals surface area contributed by atoms with Gasteiger partial charge < -0.3 is 10.4 Å². The minimum atomic E-state index is -1.02. The molecule has 20 heavy (non-hydrogen) atoms. The number of carbonyl (C=O) groups is 2. The molecular weight excluding hydrogens is 256 g/mol. The maximum Gasteiger partial charge on any atom is 0.335 e. The number of hydrogen-bond acceptors (Lipinski definition) is 3. The van der Waals surface area contributed by atoms with E-state index in [9.17, 15) is 9.59 Å². The average Bonchev–Trinajstić information content (AvgIpc) is 3.01. The van der Waals surface area contributed by atoms with E-state index in [2.05, 4.69) is 10.3 Å². The molecule has 0 aromatic carbocycles. The lowest BCUT2D eigenvalue weighted by molar-refractivity contribution is -0.117. The van der Waals surface area contributed by atoms with E-state index in [1.807, 2.05) is 0 Å². The average molecular weight is 274 g/mol. The van der Waals surface area contributed by atoms with Gasteiger partial charge in [-0.05, 0) is 49.1 Å². The Morgan fingerprint density at radius 2 is 2.20 bits per heavy atom. The molecule has 0 saturated heterocycles. The Morgan fingerprint density at radius 1 is 1.35 bits per heavy atom. The predicted molar refractivity (Wildman–Crippen MR) is 73.4 cm³/mol. The zero-order valence-corrected chi connectivity index (χ0v) is 11.2. The van der Waals surface area contributed by atoms with Crippen molar-refractivity contribution < 1.29 is 14.7 Å². The highest BCUT2D eigenvalue weighted by atomic mass is 16.4. The quantitative estimate of drug-likeness (QED) is 0.884. The van der Waals surface area contributed by atoms with E-state index in [1.165, 1.54) is 44.0 Å². The van der Waals surface area contributed by atoms with Crippen molar-refractivity contribution in [3.05, 3.63) is 23.9 Å². The van der Waals surface area contributed by atoms with Crippen molar-refractivity contribution in [1.82, 2.24) is 4.98 Å². The summed E-state index contributed by atoms with van der Waals surface area (Å²) in [5.41, 5.74) is 0.134. The molecular formula is C15H18N2O3. The molecule has 3 unspecified atom stereocenters. The summed E-state index contributed by atoms with van der Waals surface area (Å²) in [6.07, 6.45) is 6.96. The Kier molecular flexibility index (Phi) is 3.42. The van der Waals surface area contributed by atoms with E-state index in [1.54, 1.807) is 0 Å². The summed E-state index contributed by atoms with van der Waals surface area (Å²) in [4.78, 5) is 26.9. The van der Waals surface area contributed by atoms with Gasteiger partial charge >= 0.3 is 5.97 Å². The summed E-state index contributed by atoms with van der Waals surface area (Å²) in [6, 6.07) is 2.80. The van der Waals surface area contributed by atoms with Crippen molar-refractivity contribution in [3.8, 4) is 0 Å². The number of fused-ring (bicyclic) bond motifs is 2. The van der Waals surface area contributed by atoms with Gasteiger partial charge in [0, 0.05) is 12.6 Å². The van der Waals surface area contributed by atoms with Gasteiger partial charge in [0.2, 0.25) is 5.91 Å². The second-order valence-electron chi connectivity index (χ2n) is 5.92. The van der Waals surface area contributed by atoms with Crippen LogP contribution in [-0.2, 0) is 4.79 Å². The number of aromatic nitrogens is 1. The maximum absolute atomic E-state index is 12.0. The SMILES string of the molecule is O=C(CC1CC2CCC1C2)Nc1cc(C(=O)O)ccn1. The molecule has 5 nitrogen and oxygen atoms in total. The second-order valence-corrected chi connectivity index (χ2v) is 5.92. The molecule has 2 fully saturated rings. The van der Waals surface area contributed by atoms with Crippen LogP contribution in [0.3, 0.4) is 0 Å². The minimum Gasteiger partial charge on any atom is -0.478 e. The topological polar surface area (TPSA) is 79.3 Å².